The number of phenols is 1. The summed E-state index contributed by atoms with van der Waals surface area (Å²) in [6, 6.07) is 7.06. The van der Waals surface area contributed by atoms with Gasteiger partial charge < -0.3 is 14.9 Å². The van der Waals surface area contributed by atoms with E-state index in [4.69, 9.17) is 4.74 Å². The molecule has 82 valence electrons. The van der Waals surface area contributed by atoms with Crippen LogP contribution < -0.4 is 0 Å². The van der Waals surface area contributed by atoms with Gasteiger partial charge in [-0.15, -0.1) is 0 Å². The van der Waals surface area contributed by atoms with Crippen molar-refractivity contribution in [1.82, 2.24) is 0 Å². The third kappa shape index (κ3) is 2.70. The Morgan fingerprint density at radius 2 is 2.00 bits per heavy atom. The van der Waals surface area contributed by atoms with Gasteiger partial charge >= 0.3 is 0 Å². The molecule has 2 rings (SSSR count). The molecule has 0 saturated carbocycles. The molecule has 0 radical (unpaired) electrons. The SMILES string of the molecule is Oc1cccc(CC2(O)CCOCC2)c1. The molecule has 0 aromatic heterocycles. The highest BCUT2D eigenvalue weighted by Crippen LogP contribution is 2.26. The van der Waals surface area contributed by atoms with Crippen LogP contribution in [0, 0.1) is 0 Å². The van der Waals surface area contributed by atoms with Crippen LogP contribution in [-0.2, 0) is 11.2 Å². The lowest BCUT2D eigenvalue weighted by atomic mass is 9.87. The summed E-state index contributed by atoms with van der Waals surface area (Å²) < 4.78 is 5.22. The third-order valence-electron chi connectivity index (χ3n) is 2.87. The fraction of sp³-hybridized carbons (Fsp3) is 0.500. The zero-order valence-corrected chi connectivity index (χ0v) is 8.65. The maximum absolute atomic E-state index is 10.3. The van der Waals surface area contributed by atoms with Crippen LogP contribution >= 0.6 is 0 Å². The van der Waals surface area contributed by atoms with E-state index in [0.717, 1.165) is 5.56 Å². The van der Waals surface area contributed by atoms with Crippen LogP contribution in [0.2, 0.25) is 0 Å². The Morgan fingerprint density at radius 1 is 1.27 bits per heavy atom. The highest BCUT2D eigenvalue weighted by molar-refractivity contribution is 5.28. The minimum absolute atomic E-state index is 0.253. The molecule has 0 amide bonds. The zero-order chi connectivity index (χ0) is 10.7. The third-order valence-corrected chi connectivity index (χ3v) is 2.87. The minimum atomic E-state index is -0.661. The van der Waals surface area contributed by atoms with E-state index < -0.39 is 5.60 Å². The van der Waals surface area contributed by atoms with Gasteiger partial charge in [0.25, 0.3) is 0 Å². The van der Waals surface area contributed by atoms with Gasteiger partial charge in [0.2, 0.25) is 0 Å². The van der Waals surface area contributed by atoms with E-state index in [1.54, 1.807) is 18.2 Å². The van der Waals surface area contributed by atoms with Crippen molar-refractivity contribution < 1.29 is 14.9 Å². The first-order chi connectivity index (χ1) is 7.18. The molecule has 0 atom stereocenters. The van der Waals surface area contributed by atoms with E-state index in [-0.39, 0.29) is 5.75 Å². The summed E-state index contributed by atoms with van der Waals surface area (Å²) in [7, 11) is 0. The number of hydrogen-bond acceptors (Lipinski definition) is 3. The lowest BCUT2D eigenvalue weighted by Crippen LogP contribution is -2.38. The van der Waals surface area contributed by atoms with Crippen LogP contribution in [0.5, 0.6) is 5.75 Å². The van der Waals surface area contributed by atoms with E-state index in [1.165, 1.54) is 0 Å². The van der Waals surface area contributed by atoms with E-state index in [1.807, 2.05) is 6.07 Å². The van der Waals surface area contributed by atoms with Gasteiger partial charge in [-0.25, -0.2) is 0 Å². The van der Waals surface area contributed by atoms with Crippen molar-refractivity contribution in [1.29, 1.82) is 0 Å². The van der Waals surface area contributed by atoms with Gasteiger partial charge in [0, 0.05) is 19.6 Å². The number of aromatic hydroxyl groups is 1. The quantitative estimate of drug-likeness (QED) is 0.774. The molecule has 1 aliphatic heterocycles. The smallest absolute Gasteiger partial charge is 0.115 e. The Kier molecular flexibility index (Phi) is 2.93. The number of aliphatic hydroxyl groups is 1. The fourth-order valence-corrected chi connectivity index (χ4v) is 1.97. The van der Waals surface area contributed by atoms with Crippen molar-refractivity contribution in [3.63, 3.8) is 0 Å². The molecule has 3 heteroatoms. The van der Waals surface area contributed by atoms with E-state index in [2.05, 4.69) is 0 Å². The van der Waals surface area contributed by atoms with Crippen LogP contribution in [-0.4, -0.2) is 29.0 Å². The number of benzene rings is 1. The highest BCUT2D eigenvalue weighted by Gasteiger charge is 2.29. The first kappa shape index (κ1) is 10.5. The monoisotopic (exact) mass is 208 g/mol. The summed E-state index contributed by atoms with van der Waals surface area (Å²) in [5.41, 5.74) is 0.311. The summed E-state index contributed by atoms with van der Waals surface area (Å²) in [6.07, 6.45) is 1.93. The molecule has 1 fully saturated rings. The minimum Gasteiger partial charge on any atom is -0.508 e. The van der Waals surface area contributed by atoms with Gasteiger partial charge in [-0.3, -0.25) is 0 Å². The molecule has 1 aliphatic rings. The second-order valence-corrected chi connectivity index (χ2v) is 4.18. The second kappa shape index (κ2) is 4.21. The summed E-state index contributed by atoms with van der Waals surface area (Å²) in [4.78, 5) is 0. The molecule has 0 aliphatic carbocycles. The summed E-state index contributed by atoms with van der Waals surface area (Å²) >= 11 is 0. The number of hydrogen-bond donors (Lipinski definition) is 2. The van der Waals surface area contributed by atoms with Gasteiger partial charge in [-0.05, 0) is 30.5 Å². The first-order valence-electron chi connectivity index (χ1n) is 5.26. The number of phenolic OH excluding ortho intramolecular Hbond substituents is 1. The van der Waals surface area contributed by atoms with E-state index >= 15 is 0 Å². The lowest BCUT2D eigenvalue weighted by molar-refractivity contribution is -0.0625. The average Bonchev–Trinajstić information content (AvgIpc) is 2.18. The normalized spacial score (nSPS) is 20.1. The van der Waals surface area contributed by atoms with Crippen molar-refractivity contribution in [3.8, 4) is 5.75 Å². The first-order valence-corrected chi connectivity index (χ1v) is 5.26. The van der Waals surface area contributed by atoms with E-state index in [0.29, 0.717) is 32.5 Å². The summed E-state index contributed by atoms with van der Waals surface area (Å²) in [5, 5.41) is 19.6. The molecule has 2 N–H and O–H groups in total. The largest absolute Gasteiger partial charge is 0.508 e. The Labute approximate surface area is 89.3 Å². The van der Waals surface area contributed by atoms with Crippen LogP contribution in [0.1, 0.15) is 18.4 Å². The molecule has 0 spiro atoms. The lowest BCUT2D eigenvalue weighted by Gasteiger charge is -2.32. The molecule has 0 unspecified atom stereocenters. The highest BCUT2D eigenvalue weighted by atomic mass is 16.5. The zero-order valence-electron chi connectivity index (χ0n) is 8.65. The molecular formula is C12H16O3. The van der Waals surface area contributed by atoms with Crippen molar-refractivity contribution in [2.75, 3.05) is 13.2 Å². The molecule has 1 aromatic carbocycles. The maximum atomic E-state index is 10.3. The van der Waals surface area contributed by atoms with Gasteiger partial charge in [0.05, 0.1) is 5.60 Å². The molecular weight excluding hydrogens is 192 g/mol. The molecule has 3 nitrogen and oxygen atoms in total. The van der Waals surface area contributed by atoms with Crippen molar-refractivity contribution >= 4 is 0 Å². The van der Waals surface area contributed by atoms with Crippen molar-refractivity contribution in [3.05, 3.63) is 29.8 Å². The van der Waals surface area contributed by atoms with Gasteiger partial charge in [0.1, 0.15) is 5.75 Å². The van der Waals surface area contributed by atoms with Gasteiger partial charge in [-0.1, -0.05) is 12.1 Å². The maximum Gasteiger partial charge on any atom is 0.115 e. The molecule has 15 heavy (non-hydrogen) atoms. The molecule has 1 saturated heterocycles. The number of ether oxygens (including phenoxy) is 1. The van der Waals surface area contributed by atoms with Crippen LogP contribution in [0.3, 0.4) is 0 Å². The van der Waals surface area contributed by atoms with E-state index in [9.17, 15) is 10.2 Å². The number of rotatable bonds is 2. The van der Waals surface area contributed by atoms with Crippen LogP contribution in [0.15, 0.2) is 24.3 Å². The standard InChI is InChI=1S/C12H16O3/c13-11-3-1-2-10(8-11)9-12(14)4-6-15-7-5-12/h1-3,8,13-14H,4-7,9H2. The predicted molar refractivity (Wildman–Crippen MR) is 56.8 cm³/mol. The summed E-state index contributed by atoms with van der Waals surface area (Å²) in [5.74, 6) is 0.253. The fourth-order valence-electron chi connectivity index (χ4n) is 1.97. The average molecular weight is 208 g/mol. The Balaban J connectivity index is 2.06. The molecule has 0 bridgehead atoms. The Hall–Kier alpha value is -1.06. The molecule has 1 heterocycles. The van der Waals surface area contributed by atoms with Crippen molar-refractivity contribution in [2.45, 2.75) is 24.9 Å². The molecule has 1 aromatic rings. The van der Waals surface area contributed by atoms with Crippen molar-refractivity contribution in [2.24, 2.45) is 0 Å². The Morgan fingerprint density at radius 3 is 2.67 bits per heavy atom. The summed E-state index contributed by atoms with van der Waals surface area (Å²) in [6.45, 7) is 1.24. The van der Waals surface area contributed by atoms with Gasteiger partial charge in [-0.2, -0.15) is 0 Å². The van der Waals surface area contributed by atoms with Gasteiger partial charge in [0.15, 0.2) is 0 Å². The second-order valence-electron chi connectivity index (χ2n) is 4.18. The topological polar surface area (TPSA) is 49.7 Å². The van der Waals surface area contributed by atoms with Crippen LogP contribution in [0.25, 0.3) is 0 Å². The Bertz CT molecular complexity index is 329. The predicted octanol–water partition coefficient (Wildman–Crippen LogP) is 1.48. The van der Waals surface area contributed by atoms with Crippen LogP contribution in [0.4, 0.5) is 0 Å².